The minimum absolute atomic E-state index is 0.0597. The fourth-order valence-electron chi connectivity index (χ4n) is 5.78. The Morgan fingerprint density at radius 1 is 0.759 bits per heavy atom. The Hall–Kier alpha value is -5.43. The van der Waals surface area contributed by atoms with Crippen molar-refractivity contribution in [1.29, 1.82) is 0 Å². The first-order valence-electron chi connectivity index (χ1n) is 18.4. The van der Waals surface area contributed by atoms with Gasteiger partial charge in [0.2, 0.25) is 23.6 Å². The van der Waals surface area contributed by atoms with Gasteiger partial charge in [-0.25, -0.2) is 4.79 Å². The van der Waals surface area contributed by atoms with Gasteiger partial charge in [0.1, 0.15) is 42.1 Å². The van der Waals surface area contributed by atoms with Gasteiger partial charge in [-0.1, -0.05) is 72.8 Å². The summed E-state index contributed by atoms with van der Waals surface area (Å²) in [5, 5.41) is 10.9. The molecule has 1 saturated heterocycles. The lowest BCUT2D eigenvalue weighted by molar-refractivity contribution is -0.135. The lowest BCUT2D eigenvalue weighted by Crippen LogP contribution is -2.59. The van der Waals surface area contributed by atoms with E-state index in [9.17, 15) is 24.0 Å². The number of amides is 5. The quantitative estimate of drug-likeness (QED) is 0.161. The van der Waals surface area contributed by atoms with Gasteiger partial charge in [-0.3, -0.25) is 24.1 Å². The minimum Gasteiger partial charge on any atom is -0.489 e. The van der Waals surface area contributed by atoms with Gasteiger partial charge < -0.3 is 35.5 Å². The number of nitrogens with one attached hydrogen (secondary N) is 4. The zero-order valence-corrected chi connectivity index (χ0v) is 31.8. The minimum atomic E-state index is -1.21. The average Bonchev–Trinajstić information content (AvgIpc) is 3.65. The van der Waals surface area contributed by atoms with E-state index in [1.165, 1.54) is 4.90 Å². The predicted octanol–water partition coefficient (Wildman–Crippen LogP) is 4.03. The third-order valence-corrected chi connectivity index (χ3v) is 8.56. The van der Waals surface area contributed by atoms with Crippen LogP contribution in [0.25, 0.3) is 0 Å². The number of nitrogens with zero attached hydrogens (tertiary/aromatic N) is 1. The van der Waals surface area contributed by atoms with E-state index in [2.05, 4.69) is 21.3 Å². The van der Waals surface area contributed by atoms with Crippen molar-refractivity contribution < 1.29 is 38.2 Å². The van der Waals surface area contributed by atoms with Crippen molar-refractivity contribution in [3.05, 3.63) is 102 Å². The van der Waals surface area contributed by atoms with Crippen LogP contribution >= 0.6 is 0 Å². The zero-order chi connectivity index (χ0) is 39.1. The van der Waals surface area contributed by atoms with Gasteiger partial charge in [-0.15, -0.1) is 0 Å². The molecule has 0 unspecified atom stereocenters. The van der Waals surface area contributed by atoms with Crippen LogP contribution in [0.4, 0.5) is 4.79 Å². The highest BCUT2D eigenvalue weighted by Gasteiger charge is 2.38. The normalized spacial score (nSPS) is 15.6. The monoisotopic (exact) mass is 743 g/mol. The fraction of sp³-hybridized carbons (Fsp3) is 0.439. The topological polar surface area (TPSA) is 164 Å². The molecule has 1 aliphatic rings. The molecular weight excluding hydrogens is 690 g/mol. The lowest BCUT2D eigenvalue weighted by atomic mass is 10.0. The number of ether oxygens (including phenoxy) is 3. The maximum absolute atomic E-state index is 14.1. The molecule has 0 radical (unpaired) electrons. The Kier molecular flexibility index (Phi) is 15.4. The first-order valence-corrected chi connectivity index (χ1v) is 18.4. The zero-order valence-electron chi connectivity index (χ0n) is 31.8. The average molecular weight is 744 g/mol. The van der Waals surface area contributed by atoms with Crippen molar-refractivity contribution in [2.45, 2.75) is 96.9 Å². The first-order chi connectivity index (χ1) is 25.8. The molecular formula is C41H53N5O8. The van der Waals surface area contributed by atoms with Crippen LogP contribution in [0.2, 0.25) is 0 Å². The highest BCUT2D eigenvalue weighted by atomic mass is 16.6. The maximum Gasteiger partial charge on any atom is 0.410 e. The Morgan fingerprint density at radius 3 is 1.98 bits per heavy atom. The molecule has 0 spiro atoms. The molecule has 0 aromatic heterocycles. The van der Waals surface area contributed by atoms with Crippen LogP contribution < -0.4 is 26.0 Å². The van der Waals surface area contributed by atoms with E-state index in [-0.39, 0.29) is 25.5 Å². The molecule has 290 valence electrons. The molecule has 13 heteroatoms. The summed E-state index contributed by atoms with van der Waals surface area (Å²) >= 11 is 0. The Bertz CT molecular complexity index is 1680. The van der Waals surface area contributed by atoms with Gasteiger partial charge in [0.15, 0.2) is 0 Å². The van der Waals surface area contributed by atoms with Crippen LogP contribution in [0.1, 0.15) is 64.2 Å². The summed E-state index contributed by atoms with van der Waals surface area (Å²) in [5.74, 6) is -1.56. The number of benzene rings is 3. The molecule has 1 aliphatic heterocycles. The molecule has 3 aromatic rings. The van der Waals surface area contributed by atoms with Crippen LogP contribution in [0.3, 0.4) is 0 Å². The predicted molar refractivity (Wildman–Crippen MR) is 203 cm³/mol. The number of hydrogen-bond donors (Lipinski definition) is 4. The van der Waals surface area contributed by atoms with Crippen molar-refractivity contribution in [2.75, 3.05) is 19.7 Å². The molecule has 3 aromatic carbocycles. The van der Waals surface area contributed by atoms with E-state index in [1.807, 2.05) is 60.7 Å². The Labute approximate surface area is 317 Å². The number of carbonyl (C=O) groups is 5. The summed E-state index contributed by atoms with van der Waals surface area (Å²) in [7, 11) is 0. The maximum atomic E-state index is 14.1. The van der Waals surface area contributed by atoms with Crippen molar-refractivity contribution in [1.82, 2.24) is 26.2 Å². The van der Waals surface area contributed by atoms with E-state index in [4.69, 9.17) is 14.2 Å². The third kappa shape index (κ3) is 13.2. The molecule has 0 bridgehead atoms. The van der Waals surface area contributed by atoms with Crippen molar-refractivity contribution >= 4 is 29.7 Å². The van der Waals surface area contributed by atoms with Gasteiger partial charge in [0.25, 0.3) is 0 Å². The van der Waals surface area contributed by atoms with E-state index < -0.39 is 53.6 Å². The number of likely N-dealkylation sites (tertiary alicyclic amines) is 1. The van der Waals surface area contributed by atoms with E-state index in [0.717, 1.165) is 11.1 Å². The number of likely N-dealkylation sites (N-methyl/N-ethyl adjacent to an activating group) is 1. The van der Waals surface area contributed by atoms with Gasteiger partial charge in [0.05, 0.1) is 13.2 Å². The third-order valence-electron chi connectivity index (χ3n) is 8.56. The van der Waals surface area contributed by atoms with Crippen molar-refractivity contribution in [3.63, 3.8) is 0 Å². The van der Waals surface area contributed by atoms with Crippen LogP contribution in [0, 0.1) is 0 Å². The molecule has 5 amide bonds. The number of carbonyl (C=O) groups excluding carboxylic acids is 5. The van der Waals surface area contributed by atoms with Crippen LogP contribution in [-0.2, 0) is 48.3 Å². The van der Waals surface area contributed by atoms with Crippen molar-refractivity contribution in [2.24, 2.45) is 0 Å². The largest absolute Gasteiger partial charge is 0.489 e. The molecule has 4 N–H and O–H groups in total. The summed E-state index contributed by atoms with van der Waals surface area (Å²) < 4.78 is 17.3. The summed E-state index contributed by atoms with van der Waals surface area (Å²) in [6.07, 6.45) is 0.428. The summed E-state index contributed by atoms with van der Waals surface area (Å²) in [6, 6.07) is 22.2. The lowest BCUT2D eigenvalue weighted by Gasteiger charge is -2.29. The summed E-state index contributed by atoms with van der Waals surface area (Å²) in [6.45, 7) is 9.62. The molecule has 1 fully saturated rings. The second-order valence-corrected chi connectivity index (χ2v) is 14.2. The molecule has 0 saturated carbocycles. The smallest absolute Gasteiger partial charge is 0.410 e. The van der Waals surface area contributed by atoms with E-state index in [0.29, 0.717) is 43.9 Å². The standard InChI is InChI=1S/C41H53N5O8/c1-6-42-36(47)28(2)43-38(49)34(27-52-25-30-14-9-7-10-15-30)45-37(48)33(44-39(50)35-18-13-23-46(35)40(51)54-41(3,4)5)24-29-19-21-32(22-20-29)53-26-31-16-11-8-12-17-31/h7-12,14-17,19-22,28,33-35H,6,13,18,23-27H2,1-5H3,(H,42,47)(H,43,49)(H,44,50)(H,45,48)/t28-,33+,34+,35-/m1/s1. The molecule has 0 aliphatic carbocycles. The summed E-state index contributed by atoms with van der Waals surface area (Å²) in [4.78, 5) is 68.3. The molecule has 13 nitrogen and oxygen atoms in total. The van der Waals surface area contributed by atoms with Crippen molar-refractivity contribution in [3.8, 4) is 5.75 Å². The second kappa shape index (κ2) is 20.1. The summed E-state index contributed by atoms with van der Waals surface area (Å²) in [5.41, 5.74) is 1.84. The molecule has 4 atom stereocenters. The highest BCUT2D eigenvalue weighted by Crippen LogP contribution is 2.22. The fourth-order valence-corrected chi connectivity index (χ4v) is 5.78. The molecule has 4 rings (SSSR count). The van der Waals surface area contributed by atoms with Gasteiger partial charge in [0, 0.05) is 19.5 Å². The number of rotatable bonds is 17. The Balaban J connectivity index is 1.53. The number of hydrogen-bond acceptors (Lipinski definition) is 8. The van der Waals surface area contributed by atoms with Gasteiger partial charge in [-0.2, -0.15) is 0 Å². The SMILES string of the molecule is CCNC(=O)[C@@H](C)NC(=O)[C@H](COCc1ccccc1)NC(=O)[C@H](Cc1ccc(OCc2ccccc2)cc1)NC(=O)[C@H]1CCCN1C(=O)OC(C)(C)C. The first kappa shape index (κ1) is 41.3. The van der Waals surface area contributed by atoms with Crippen LogP contribution in [0.15, 0.2) is 84.9 Å². The Morgan fingerprint density at radius 2 is 1.37 bits per heavy atom. The molecule has 54 heavy (non-hydrogen) atoms. The van der Waals surface area contributed by atoms with E-state index in [1.54, 1.807) is 58.9 Å². The van der Waals surface area contributed by atoms with Crippen LogP contribution in [-0.4, -0.2) is 84.1 Å². The second-order valence-electron chi connectivity index (χ2n) is 14.2. The van der Waals surface area contributed by atoms with Crippen LogP contribution in [0.5, 0.6) is 5.75 Å². The molecule has 1 heterocycles. The highest BCUT2D eigenvalue weighted by molar-refractivity contribution is 5.95. The van der Waals surface area contributed by atoms with Gasteiger partial charge >= 0.3 is 6.09 Å². The van der Waals surface area contributed by atoms with Gasteiger partial charge in [-0.05, 0) is 76.3 Å². The van der Waals surface area contributed by atoms with E-state index >= 15 is 0 Å².